The van der Waals surface area contributed by atoms with Gasteiger partial charge in [0, 0.05) is 10.9 Å². The summed E-state index contributed by atoms with van der Waals surface area (Å²) in [6, 6.07) is 7.92. The van der Waals surface area contributed by atoms with Crippen molar-refractivity contribution in [2.75, 3.05) is 17.3 Å². The number of carbonyl (C=O) groups is 1. The summed E-state index contributed by atoms with van der Waals surface area (Å²) < 4.78 is 0. The predicted molar refractivity (Wildman–Crippen MR) is 106 cm³/mol. The first-order valence-electron chi connectivity index (χ1n) is 7.93. The maximum absolute atomic E-state index is 12.0. The second-order valence-corrected chi connectivity index (χ2v) is 8.59. The molecular formula is C18H25N3OS2. The Kier molecular flexibility index (Phi) is 6.43. The molecule has 4 nitrogen and oxygen atoms in total. The van der Waals surface area contributed by atoms with Crippen molar-refractivity contribution >= 4 is 34.1 Å². The van der Waals surface area contributed by atoms with Gasteiger partial charge in [0.2, 0.25) is 5.91 Å². The Labute approximate surface area is 152 Å². The molecule has 6 heteroatoms. The Balaban J connectivity index is 2.04. The van der Waals surface area contributed by atoms with E-state index >= 15 is 0 Å². The fraction of sp³-hybridized carbons (Fsp3) is 0.444. The van der Waals surface area contributed by atoms with Crippen molar-refractivity contribution in [3.63, 3.8) is 0 Å². The topological polar surface area (TPSA) is 68.0 Å². The smallest absolute Gasteiger partial charge is 0.243 e. The number of benzene rings is 1. The summed E-state index contributed by atoms with van der Waals surface area (Å²) in [6.45, 7) is 6.58. The molecule has 0 spiro atoms. The summed E-state index contributed by atoms with van der Waals surface area (Å²) in [5, 5.41) is 5.36. The van der Waals surface area contributed by atoms with Crippen LogP contribution < -0.4 is 11.1 Å². The largest absolute Gasteiger partial charge is 0.320 e. The average Bonchev–Trinajstić information content (AvgIpc) is 3.00. The summed E-state index contributed by atoms with van der Waals surface area (Å²) in [4.78, 5) is 16.5. The van der Waals surface area contributed by atoms with Gasteiger partial charge in [0.15, 0.2) is 5.13 Å². The molecule has 0 aliphatic rings. The van der Waals surface area contributed by atoms with E-state index in [-0.39, 0.29) is 11.3 Å². The van der Waals surface area contributed by atoms with Crippen molar-refractivity contribution in [3.8, 4) is 11.3 Å². The maximum Gasteiger partial charge on any atom is 0.243 e. The molecule has 0 radical (unpaired) electrons. The molecule has 0 aliphatic heterocycles. The van der Waals surface area contributed by atoms with Gasteiger partial charge in [0.25, 0.3) is 0 Å². The van der Waals surface area contributed by atoms with Crippen LogP contribution >= 0.6 is 23.1 Å². The quantitative estimate of drug-likeness (QED) is 0.810. The minimum atomic E-state index is -0.490. The van der Waals surface area contributed by atoms with Gasteiger partial charge in [0.05, 0.1) is 11.7 Å². The molecule has 130 valence electrons. The number of thioether (sulfide) groups is 1. The molecule has 0 bridgehead atoms. The number of amides is 1. The molecule has 24 heavy (non-hydrogen) atoms. The Morgan fingerprint density at radius 1 is 1.33 bits per heavy atom. The van der Waals surface area contributed by atoms with Crippen LogP contribution in [0.15, 0.2) is 29.6 Å². The number of nitrogens with two attached hydrogens (primary N) is 1. The van der Waals surface area contributed by atoms with Crippen molar-refractivity contribution in [2.45, 2.75) is 38.6 Å². The van der Waals surface area contributed by atoms with E-state index in [4.69, 9.17) is 5.73 Å². The van der Waals surface area contributed by atoms with E-state index in [9.17, 15) is 4.79 Å². The lowest BCUT2D eigenvalue weighted by Crippen LogP contribution is -2.36. The lowest BCUT2D eigenvalue weighted by molar-refractivity contribution is -0.117. The van der Waals surface area contributed by atoms with Crippen molar-refractivity contribution in [2.24, 2.45) is 5.73 Å². The van der Waals surface area contributed by atoms with E-state index in [0.717, 1.165) is 17.0 Å². The molecular weight excluding hydrogens is 338 g/mol. The van der Waals surface area contributed by atoms with Gasteiger partial charge in [-0.3, -0.25) is 4.79 Å². The highest BCUT2D eigenvalue weighted by Gasteiger charge is 2.16. The summed E-state index contributed by atoms with van der Waals surface area (Å²) in [6.07, 6.45) is 2.67. The lowest BCUT2D eigenvalue weighted by Gasteiger charge is -2.18. The second kappa shape index (κ2) is 8.14. The second-order valence-electron chi connectivity index (χ2n) is 6.74. The fourth-order valence-electron chi connectivity index (χ4n) is 2.18. The Hall–Kier alpha value is -1.37. The number of rotatable bonds is 6. The number of hydrogen-bond acceptors (Lipinski definition) is 5. The molecule has 1 atom stereocenters. The molecule has 1 heterocycles. The third-order valence-electron chi connectivity index (χ3n) is 3.75. The molecule has 1 unspecified atom stereocenters. The van der Waals surface area contributed by atoms with Crippen LogP contribution in [-0.2, 0) is 10.2 Å². The van der Waals surface area contributed by atoms with Crippen LogP contribution in [0.1, 0.15) is 32.8 Å². The van der Waals surface area contributed by atoms with Crippen LogP contribution in [0.3, 0.4) is 0 Å². The molecule has 2 rings (SSSR count). The molecule has 0 fully saturated rings. The molecule has 2 aromatic rings. The van der Waals surface area contributed by atoms with Gasteiger partial charge in [-0.1, -0.05) is 45.0 Å². The summed E-state index contributed by atoms with van der Waals surface area (Å²) in [7, 11) is 0. The molecule has 3 N–H and O–H groups in total. The number of nitrogens with one attached hydrogen (secondary N) is 1. The van der Waals surface area contributed by atoms with Crippen molar-refractivity contribution in [3.05, 3.63) is 35.2 Å². The Bertz CT molecular complexity index is 674. The van der Waals surface area contributed by atoms with Gasteiger partial charge in [-0.15, -0.1) is 11.3 Å². The van der Waals surface area contributed by atoms with Gasteiger partial charge in [-0.05, 0) is 29.4 Å². The number of aromatic nitrogens is 1. The van der Waals surface area contributed by atoms with Crippen molar-refractivity contribution in [1.82, 2.24) is 4.98 Å². The van der Waals surface area contributed by atoms with Crippen molar-refractivity contribution < 1.29 is 4.79 Å². The molecule has 0 aliphatic carbocycles. The first-order valence-corrected chi connectivity index (χ1v) is 10.2. The van der Waals surface area contributed by atoms with Crippen LogP contribution in [0.5, 0.6) is 0 Å². The van der Waals surface area contributed by atoms with Crippen LogP contribution in [0.4, 0.5) is 5.13 Å². The zero-order valence-electron chi connectivity index (χ0n) is 14.6. The highest BCUT2D eigenvalue weighted by molar-refractivity contribution is 7.98. The van der Waals surface area contributed by atoms with E-state index in [1.807, 2.05) is 11.6 Å². The number of anilines is 1. The minimum absolute atomic E-state index is 0.132. The van der Waals surface area contributed by atoms with Gasteiger partial charge >= 0.3 is 0 Å². The standard InChI is InChI=1S/C18H25N3OS2/c1-18(2,3)13-7-5-12(6-8-13)15-11-24-17(20-15)21-16(22)14(19)9-10-23-4/h5-8,11,14H,9-10,19H2,1-4H3,(H,20,21,22). The molecule has 1 amide bonds. The van der Waals surface area contributed by atoms with E-state index in [0.29, 0.717) is 11.6 Å². The third-order valence-corrected chi connectivity index (χ3v) is 5.15. The fourth-order valence-corrected chi connectivity index (χ4v) is 3.39. The van der Waals surface area contributed by atoms with Gasteiger partial charge in [0.1, 0.15) is 0 Å². The first kappa shape index (κ1) is 19.0. The highest BCUT2D eigenvalue weighted by atomic mass is 32.2. The Morgan fingerprint density at radius 2 is 2.00 bits per heavy atom. The minimum Gasteiger partial charge on any atom is -0.320 e. The van der Waals surface area contributed by atoms with Crippen LogP contribution in [-0.4, -0.2) is 28.9 Å². The zero-order valence-corrected chi connectivity index (χ0v) is 16.3. The molecule has 0 saturated carbocycles. The monoisotopic (exact) mass is 363 g/mol. The van der Waals surface area contributed by atoms with Crippen LogP contribution in [0.25, 0.3) is 11.3 Å². The van der Waals surface area contributed by atoms with Crippen LogP contribution in [0.2, 0.25) is 0 Å². The number of thiazole rings is 1. The SMILES string of the molecule is CSCCC(N)C(=O)Nc1nc(-c2ccc(C(C)(C)C)cc2)cs1. The predicted octanol–water partition coefficient (Wildman–Crippen LogP) is 4.13. The Morgan fingerprint density at radius 3 is 2.58 bits per heavy atom. The van der Waals surface area contributed by atoms with E-state index < -0.39 is 6.04 Å². The van der Waals surface area contributed by atoms with E-state index in [1.165, 1.54) is 16.9 Å². The summed E-state index contributed by atoms with van der Waals surface area (Å²) in [5.41, 5.74) is 9.21. The van der Waals surface area contributed by atoms with Crippen molar-refractivity contribution in [1.29, 1.82) is 0 Å². The lowest BCUT2D eigenvalue weighted by atomic mass is 9.86. The molecule has 1 aromatic heterocycles. The number of nitrogens with zero attached hydrogens (tertiary/aromatic N) is 1. The normalized spacial score (nSPS) is 12.9. The zero-order chi connectivity index (χ0) is 17.7. The maximum atomic E-state index is 12.0. The van der Waals surface area contributed by atoms with E-state index in [1.54, 1.807) is 11.8 Å². The van der Waals surface area contributed by atoms with Gasteiger partial charge in [-0.2, -0.15) is 11.8 Å². The van der Waals surface area contributed by atoms with Crippen LogP contribution in [0, 0.1) is 0 Å². The third kappa shape index (κ3) is 5.06. The first-order chi connectivity index (χ1) is 11.3. The molecule has 0 saturated heterocycles. The molecule has 1 aromatic carbocycles. The number of hydrogen-bond donors (Lipinski definition) is 2. The summed E-state index contributed by atoms with van der Waals surface area (Å²) >= 11 is 3.10. The van der Waals surface area contributed by atoms with Gasteiger partial charge < -0.3 is 11.1 Å². The highest BCUT2D eigenvalue weighted by Crippen LogP contribution is 2.28. The summed E-state index contributed by atoms with van der Waals surface area (Å²) in [5.74, 6) is 0.700. The average molecular weight is 364 g/mol. The van der Waals surface area contributed by atoms with E-state index in [2.05, 4.69) is 55.3 Å². The van der Waals surface area contributed by atoms with Gasteiger partial charge in [-0.25, -0.2) is 4.98 Å². The number of carbonyl (C=O) groups excluding carboxylic acids is 1.